The van der Waals surface area contributed by atoms with Crippen molar-refractivity contribution in [3.8, 4) is 0 Å². The highest BCUT2D eigenvalue weighted by Crippen LogP contribution is 2.24. The summed E-state index contributed by atoms with van der Waals surface area (Å²) in [5, 5.41) is 0. The van der Waals surface area contributed by atoms with Gasteiger partial charge in [-0.05, 0) is 61.5 Å². The molecule has 0 unspecified atom stereocenters. The maximum absolute atomic E-state index is 12.7. The van der Waals surface area contributed by atoms with E-state index in [0.29, 0.717) is 11.8 Å². The lowest BCUT2D eigenvalue weighted by molar-refractivity contribution is -0.142. The molecule has 2 amide bonds. The van der Waals surface area contributed by atoms with Crippen molar-refractivity contribution >= 4 is 11.8 Å². The molecular weight excluding hydrogens is 384 g/mol. The van der Waals surface area contributed by atoms with Crippen molar-refractivity contribution in [1.29, 1.82) is 0 Å². The highest BCUT2D eigenvalue weighted by molar-refractivity contribution is 5.97. The summed E-state index contributed by atoms with van der Waals surface area (Å²) in [6, 6.07) is 21.2. The Labute approximate surface area is 186 Å². The van der Waals surface area contributed by atoms with Crippen molar-refractivity contribution in [1.82, 2.24) is 9.80 Å². The number of carbonyl (C=O) groups excluding carboxylic acids is 2. The van der Waals surface area contributed by atoms with E-state index in [0.717, 1.165) is 64.7 Å². The summed E-state index contributed by atoms with van der Waals surface area (Å²) in [6.07, 6.45) is 6.31. The number of likely N-dealkylation sites (tertiary alicyclic amines) is 2. The molecule has 2 aromatic rings. The molecule has 2 aliphatic heterocycles. The Morgan fingerprint density at radius 1 is 0.613 bits per heavy atom. The van der Waals surface area contributed by atoms with Crippen LogP contribution < -0.4 is 0 Å². The molecule has 2 aliphatic rings. The molecule has 4 nitrogen and oxygen atoms in total. The molecule has 164 valence electrons. The lowest BCUT2D eigenvalue weighted by Crippen LogP contribution is -2.44. The Bertz CT molecular complexity index is 765. The topological polar surface area (TPSA) is 40.6 Å². The zero-order valence-corrected chi connectivity index (χ0v) is 18.4. The lowest BCUT2D eigenvalue weighted by Gasteiger charge is -2.34. The number of benzene rings is 2. The van der Waals surface area contributed by atoms with Gasteiger partial charge in [0, 0.05) is 26.2 Å². The second kappa shape index (κ2) is 10.6. The fourth-order valence-corrected chi connectivity index (χ4v) is 5.02. The summed E-state index contributed by atoms with van der Waals surface area (Å²) < 4.78 is 0. The summed E-state index contributed by atoms with van der Waals surface area (Å²) in [6.45, 7) is 3.12. The molecule has 2 fully saturated rings. The molecule has 0 bridgehead atoms. The highest BCUT2D eigenvalue weighted by Gasteiger charge is 2.28. The molecule has 0 aromatic heterocycles. The predicted molar refractivity (Wildman–Crippen MR) is 124 cm³/mol. The largest absolute Gasteiger partial charge is 0.342 e. The van der Waals surface area contributed by atoms with Crippen LogP contribution in [0.5, 0.6) is 0 Å². The van der Waals surface area contributed by atoms with E-state index in [2.05, 4.69) is 48.5 Å². The van der Waals surface area contributed by atoms with Gasteiger partial charge in [-0.2, -0.15) is 0 Å². The molecule has 4 rings (SSSR count). The first-order valence-electron chi connectivity index (χ1n) is 11.8. The van der Waals surface area contributed by atoms with Crippen LogP contribution in [0.25, 0.3) is 0 Å². The van der Waals surface area contributed by atoms with Gasteiger partial charge in [0.2, 0.25) is 11.8 Å². The molecule has 0 aliphatic carbocycles. The predicted octanol–water partition coefficient (Wildman–Crippen LogP) is 4.34. The monoisotopic (exact) mass is 418 g/mol. The third-order valence-corrected chi connectivity index (χ3v) is 6.97. The number of hydrogen-bond acceptors (Lipinski definition) is 2. The minimum absolute atomic E-state index is 0.00886. The number of hydrogen-bond donors (Lipinski definition) is 0. The van der Waals surface area contributed by atoms with Gasteiger partial charge in [-0.1, -0.05) is 60.7 Å². The average molecular weight is 419 g/mol. The zero-order chi connectivity index (χ0) is 21.5. The van der Waals surface area contributed by atoms with Crippen molar-refractivity contribution in [3.05, 3.63) is 71.8 Å². The van der Waals surface area contributed by atoms with Gasteiger partial charge < -0.3 is 9.80 Å². The standard InChI is InChI=1S/C27H34N2O2/c30-26(28-15-11-24(12-16-28)19-22-7-3-1-4-8-22)21-27(31)29-17-13-25(14-18-29)20-23-9-5-2-6-10-23/h1-10,24-25H,11-21H2. The summed E-state index contributed by atoms with van der Waals surface area (Å²) in [7, 11) is 0. The van der Waals surface area contributed by atoms with E-state index in [1.165, 1.54) is 11.1 Å². The first kappa shape index (κ1) is 21.6. The van der Waals surface area contributed by atoms with Crippen molar-refractivity contribution in [3.63, 3.8) is 0 Å². The normalized spacial score (nSPS) is 18.2. The van der Waals surface area contributed by atoms with Gasteiger partial charge in [-0.3, -0.25) is 9.59 Å². The number of carbonyl (C=O) groups is 2. The number of nitrogens with zero attached hydrogens (tertiary/aromatic N) is 2. The molecule has 0 atom stereocenters. The Balaban J connectivity index is 1.17. The van der Waals surface area contributed by atoms with Crippen molar-refractivity contribution in [2.24, 2.45) is 11.8 Å². The van der Waals surface area contributed by atoms with Crippen LogP contribution in [0.3, 0.4) is 0 Å². The van der Waals surface area contributed by atoms with E-state index < -0.39 is 0 Å². The van der Waals surface area contributed by atoms with Crippen molar-refractivity contribution in [2.75, 3.05) is 26.2 Å². The van der Waals surface area contributed by atoms with Crippen LogP contribution in [0.4, 0.5) is 0 Å². The second-order valence-corrected chi connectivity index (χ2v) is 9.20. The molecule has 0 radical (unpaired) electrons. The third-order valence-electron chi connectivity index (χ3n) is 6.97. The third kappa shape index (κ3) is 6.19. The minimum Gasteiger partial charge on any atom is -0.342 e. The van der Waals surface area contributed by atoms with Crippen LogP contribution in [0.15, 0.2) is 60.7 Å². The summed E-state index contributed by atoms with van der Waals surface area (Å²) in [4.78, 5) is 29.2. The highest BCUT2D eigenvalue weighted by atomic mass is 16.2. The van der Waals surface area contributed by atoms with E-state index in [1.807, 2.05) is 21.9 Å². The zero-order valence-electron chi connectivity index (χ0n) is 18.4. The van der Waals surface area contributed by atoms with E-state index in [4.69, 9.17) is 0 Å². The van der Waals surface area contributed by atoms with Crippen LogP contribution in [0.1, 0.15) is 43.2 Å². The van der Waals surface area contributed by atoms with Gasteiger partial charge in [0.1, 0.15) is 6.42 Å². The van der Waals surface area contributed by atoms with Crippen LogP contribution in [0, 0.1) is 11.8 Å². The summed E-state index contributed by atoms with van der Waals surface area (Å²) >= 11 is 0. The fraction of sp³-hybridized carbons (Fsp3) is 0.481. The first-order chi connectivity index (χ1) is 15.2. The Morgan fingerprint density at radius 3 is 1.32 bits per heavy atom. The molecule has 0 N–H and O–H groups in total. The van der Waals surface area contributed by atoms with Gasteiger partial charge in [0.05, 0.1) is 0 Å². The van der Waals surface area contributed by atoms with Crippen LogP contribution in [-0.4, -0.2) is 47.8 Å². The minimum atomic E-state index is 0.00886. The molecule has 2 heterocycles. The number of piperidine rings is 2. The van der Waals surface area contributed by atoms with Gasteiger partial charge in [-0.25, -0.2) is 0 Å². The molecule has 2 aromatic carbocycles. The van der Waals surface area contributed by atoms with Gasteiger partial charge in [-0.15, -0.1) is 0 Å². The Kier molecular flexibility index (Phi) is 7.39. The van der Waals surface area contributed by atoms with Crippen molar-refractivity contribution in [2.45, 2.75) is 44.9 Å². The smallest absolute Gasteiger partial charge is 0.232 e. The number of rotatable bonds is 6. The summed E-state index contributed by atoms with van der Waals surface area (Å²) in [5.41, 5.74) is 2.75. The Morgan fingerprint density at radius 2 is 0.968 bits per heavy atom. The van der Waals surface area contributed by atoms with Gasteiger partial charge in [0.25, 0.3) is 0 Å². The quantitative estimate of drug-likeness (QED) is 0.655. The fourth-order valence-electron chi connectivity index (χ4n) is 5.02. The molecule has 0 spiro atoms. The van der Waals surface area contributed by atoms with Crippen LogP contribution in [-0.2, 0) is 22.4 Å². The van der Waals surface area contributed by atoms with E-state index >= 15 is 0 Å². The molecule has 31 heavy (non-hydrogen) atoms. The first-order valence-corrected chi connectivity index (χ1v) is 11.8. The van der Waals surface area contributed by atoms with Crippen LogP contribution >= 0.6 is 0 Å². The molecular formula is C27H34N2O2. The van der Waals surface area contributed by atoms with E-state index in [-0.39, 0.29) is 18.2 Å². The average Bonchev–Trinajstić information content (AvgIpc) is 2.81. The maximum Gasteiger partial charge on any atom is 0.232 e. The second-order valence-electron chi connectivity index (χ2n) is 9.20. The van der Waals surface area contributed by atoms with Crippen molar-refractivity contribution < 1.29 is 9.59 Å². The lowest BCUT2D eigenvalue weighted by atomic mass is 9.89. The van der Waals surface area contributed by atoms with E-state index in [9.17, 15) is 9.59 Å². The van der Waals surface area contributed by atoms with Crippen LogP contribution in [0.2, 0.25) is 0 Å². The SMILES string of the molecule is O=C(CC(=O)N1CCC(Cc2ccccc2)CC1)N1CCC(Cc2ccccc2)CC1. The van der Waals surface area contributed by atoms with Gasteiger partial charge in [0.15, 0.2) is 0 Å². The molecule has 2 saturated heterocycles. The molecule has 4 heteroatoms. The molecule has 0 saturated carbocycles. The van der Waals surface area contributed by atoms with Gasteiger partial charge >= 0.3 is 0 Å². The van der Waals surface area contributed by atoms with E-state index in [1.54, 1.807) is 0 Å². The summed E-state index contributed by atoms with van der Waals surface area (Å²) in [5.74, 6) is 1.28. The Hall–Kier alpha value is -2.62. The maximum atomic E-state index is 12.7. The number of amides is 2.